The molecule has 6 nitrogen and oxygen atoms in total. The van der Waals surface area contributed by atoms with E-state index in [0.29, 0.717) is 11.6 Å². The number of H-pyrrole nitrogens is 1. The number of hydrogen-bond acceptors (Lipinski definition) is 4. The number of carbonyl (C=O) groups is 1. The van der Waals surface area contributed by atoms with Crippen molar-refractivity contribution in [1.82, 2.24) is 14.6 Å². The van der Waals surface area contributed by atoms with Crippen molar-refractivity contribution in [2.45, 2.75) is 27.2 Å². The monoisotopic (exact) mass is 263 g/mol. The van der Waals surface area contributed by atoms with Crippen molar-refractivity contribution in [2.24, 2.45) is 5.92 Å². The van der Waals surface area contributed by atoms with E-state index < -0.39 is 5.97 Å². The number of rotatable bonds is 4. The molecule has 0 aromatic carbocycles. The number of aromatic nitrogens is 3. The minimum Gasteiger partial charge on any atom is -0.461 e. The average Bonchev–Trinajstić information content (AvgIpc) is 2.72. The summed E-state index contributed by atoms with van der Waals surface area (Å²) in [5, 5.41) is 2.70. The Hall–Kier alpha value is -2.11. The number of nitrogens with zero attached hydrogens (tertiary/aromatic N) is 2. The molecule has 1 N–H and O–H groups in total. The molecule has 0 aliphatic carbocycles. The molecule has 0 saturated carbocycles. The molecule has 19 heavy (non-hydrogen) atoms. The van der Waals surface area contributed by atoms with Gasteiger partial charge in [0.05, 0.1) is 6.61 Å². The summed E-state index contributed by atoms with van der Waals surface area (Å²) in [6.45, 7) is 6.14. The summed E-state index contributed by atoms with van der Waals surface area (Å²) in [6, 6.07) is 3.02. The number of ether oxygens (including phenoxy) is 1. The van der Waals surface area contributed by atoms with Crippen molar-refractivity contribution in [3.05, 3.63) is 33.9 Å². The minimum atomic E-state index is -0.488. The lowest BCUT2D eigenvalue weighted by Gasteiger charge is -2.03. The van der Waals surface area contributed by atoms with Gasteiger partial charge in [-0.1, -0.05) is 13.8 Å². The van der Waals surface area contributed by atoms with Crippen molar-refractivity contribution in [1.29, 1.82) is 0 Å². The van der Waals surface area contributed by atoms with E-state index in [1.165, 1.54) is 16.6 Å². The van der Waals surface area contributed by atoms with Crippen LogP contribution in [0.3, 0.4) is 0 Å². The van der Waals surface area contributed by atoms with E-state index in [-0.39, 0.29) is 17.9 Å². The highest BCUT2D eigenvalue weighted by Crippen LogP contribution is 2.07. The van der Waals surface area contributed by atoms with Gasteiger partial charge in [-0.15, -0.1) is 0 Å². The molecule has 0 aliphatic heterocycles. The maximum absolute atomic E-state index is 11.9. The molecule has 0 aliphatic rings. The first-order chi connectivity index (χ1) is 9.01. The molecule has 0 radical (unpaired) electrons. The van der Waals surface area contributed by atoms with E-state index in [1.807, 2.05) is 0 Å². The smallest absolute Gasteiger partial charge is 0.356 e. The molecule has 0 unspecified atom stereocenters. The van der Waals surface area contributed by atoms with Gasteiger partial charge in [-0.2, -0.15) is 0 Å². The number of esters is 1. The lowest BCUT2D eigenvalue weighted by Crippen LogP contribution is -2.17. The first-order valence-electron chi connectivity index (χ1n) is 6.30. The fourth-order valence-corrected chi connectivity index (χ4v) is 1.88. The molecule has 0 bridgehead atoms. The van der Waals surface area contributed by atoms with Gasteiger partial charge >= 0.3 is 5.97 Å². The van der Waals surface area contributed by atoms with Crippen LogP contribution in [0.4, 0.5) is 0 Å². The van der Waals surface area contributed by atoms with Gasteiger partial charge in [-0.3, -0.25) is 9.89 Å². The third kappa shape index (κ3) is 2.83. The predicted octanol–water partition coefficient (Wildman–Crippen LogP) is 1.40. The Labute approximate surface area is 110 Å². The van der Waals surface area contributed by atoms with Gasteiger partial charge in [0.2, 0.25) is 0 Å². The fraction of sp³-hybridized carbons (Fsp3) is 0.462. The van der Waals surface area contributed by atoms with Crippen LogP contribution >= 0.6 is 0 Å². The molecule has 6 heteroatoms. The lowest BCUT2D eigenvalue weighted by molar-refractivity contribution is 0.0519. The number of nitrogens with one attached hydrogen (secondary N) is 1. The van der Waals surface area contributed by atoms with E-state index in [2.05, 4.69) is 23.9 Å². The summed E-state index contributed by atoms with van der Waals surface area (Å²) in [6.07, 6.45) is 0.728. The van der Waals surface area contributed by atoms with Gasteiger partial charge in [0.15, 0.2) is 5.65 Å². The Morgan fingerprint density at radius 1 is 1.47 bits per heavy atom. The van der Waals surface area contributed by atoms with Crippen LogP contribution in [0, 0.1) is 5.92 Å². The van der Waals surface area contributed by atoms with E-state index in [1.54, 1.807) is 6.92 Å². The Morgan fingerprint density at radius 2 is 2.21 bits per heavy atom. The van der Waals surface area contributed by atoms with Gasteiger partial charge < -0.3 is 4.74 Å². The van der Waals surface area contributed by atoms with Gasteiger partial charge in [0.1, 0.15) is 5.69 Å². The zero-order valence-electron chi connectivity index (χ0n) is 11.3. The normalized spacial score (nSPS) is 11.2. The van der Waals surface area contributed by atoms with Crippen LogP contribution in [0.2, 0.25) is 0 Å². The highest BCUT2D eigenvalue weighted by molar-refractivity contribution is 5.88. The van der Waals surface area contributed by atoms with Crippen LogP contribution in [0.5, 0.6) is 0 Å². The molecule has 0 saturated heterocycles. The third-order valence-electron chi connectivity index (χ3n) is 2.62. The maximum atomic E-state index is 11.9. The van der Waals surface area contributed by atoms with Crippen molar-refractivity contribution >= 4 is 11.6 Å². The van der Waals surface area contributed by atoms with Crippen LogP contribution in [0.1, 0.15) is 37.0 Å². The lowest BCUT2D eigenvalue weighted by atomic mass is 10.1. The number of carbonyl (C=O) groups excluding carboxylic acids is 1. The van der Waals surface area contributed by atoms with Crippen molar-refractivity contribution < 1.29 is 9.53 Å². The summed E-state index contributed by atoms with van der Waals surface area (Å²) >= 11 is 0. The van der Waals surface area contributed by atoms with Crippen LogP contribution in [-0.2, 0) is 11.2 Å². The number of fused-ring (bicyclic) bond motifs is 1. The molecule has 0 atom stereocenters. The first kappa shape index (κ1) is 13.3. The van der Waals surface area contributed by atoms with Gasteiger partial charge in [-0.05, 0) is 19.3 Å². The van der Waals surface area contributed by atoms with Gasteiger partial charge in [0, 0.05) is 17.8 Å². The van der Waals surface area contributed by atoms with Crippen LogP contribution < -0.4 is 5.56 Å². The summed E-state index contributed by atoms with van der Waals surface area (Å²) in [5.41, 5.74) is 1.17. The molecule has 2 heterocycles. The molecular weight excluding hydrogens is 246 g/mol. The molecule has 0 spiro atoms. The summed E-state index contributed by atoms with van der Waals surface area (Å²) in [4.78, 5) is 27.9. The zero-order valence-corrected chi connectivity index (χ0v) is 11.3. The molecule has 2 rings (SSSR count). The van der Waals surface area contributed by atoms with E-state index >= 15 is 0 Å². The van der Waals surface area contributed by atoms with Crippen LogP contribution in [-0.4, -0.2) is 27.2 Å². The standard InChI is InChI=1S/C13H17N3O3/c1-4-19-13(18)10-7-11-14-9(5-8(2)3)6-12(17)16(11)15-10/h6-8,15H,4-5H2,1-3H3. The predicted molar refractivity (Wildman–Crippen MR) is 70.3 cm³/mol. The van der Waals surface area contributed by atoms with Crippen LogP contribution in [0.25, 0.3) is 5.65 Å². The topological polar surface area (TPSA) is 76.5 Å². The molecule has 0 amide bonds. The fourth-order valence-electron chi connectivity index (χ4n) is 1.88. The van der Waals surface area contributed by atoms with E-state index in [9.17, 15) is 9.59 Å². The SMILES string of the molecule is CCOC(=O)c1cc2nc(CC(C)C)cc(=O)n2[nH]1. The molecule has 0 fully saturated rings. The Balaban J connectivity index is 2.44. The molecular formula is C13H17N3O3. The Morgan fingerprint density at radius 3 is 2.84 bits per heavy atom. The third-order valence-corrected chi connectivity index (χ3v) is 2.62. The Bertz CT molecular complexity index is 655. The van der Waals surface area contributed by atoms with Crippen molar-refractivity contribution in [3.63, 3.8) is 0 Å². The van der Waals surface area contributed by atoms with Gasteiger partial charge in [0.25, 0.3) is 5.56 Å². The summed E-state index contributed by atoms with van der Waals surface area (Å²) < 4.78 is 6.12. The quantitative estimate of drug-likeness (QED) is 0.846. The highest BCUT2D eigenvalue weighted by atomic mass is 16.5. The van der Waals surface area contributed by atoms with E-state index in [4.69, 9.17) is 4.74 Å². The largest absolute Gasteiger partial charge is 0.461 e. The average molecular weight is 263 g/mol. The molecule has 2 aromatic heterocycles. The zero-order chi connectivity index (χ0) is 14.0. The first-order valence-corrected chi connectivity index (χ1v) is 6.30. The second-order valence-corrected chi connectivity index (χ2v) is 4.77. The minimum absolute atomic E-state index is 0.226. The van der Waals surface area contributed by atoms with E-state index in [0.717, 1.165) is 12.1 Å². The van der Waals surface area contributed by atoms with Crippen molar-refractivity contribution in [3.8, 4) is 0 Å². The van der Waals surface area contributed by atoms with Crippen LogP contribution in [0.15, 0.2) is 16.9 Å². The maximum Gasteiger partial charge on any atom is 0.356 e. The van der Waals surface area contributed by atoms with Crippen molar-refractivity contribution in [2.75, 3.05) is 6.61 Å². The second-order valence-electron chi connectivity index (χ2n) is 4.77. The summed E-state index contributed by atoms with van der Waals surface area (Å²) in [5.74, 6) is -0.0735. The Kier molecular flexibility index (Phi) is 3.69. The molecule has 102 valence electrons. The summed E-state index contributed by atoms with van der Waals surface area (Å²) in [7, 11) is 0. The van der Waals surface area contributed by atoms with Gasteiger partial charge in [-0.25, -0.2) is 14.3 Å². The number of aromatic amines is 1. The molecule has 2 aromatic rings. The second kappa shape index (κ2) is 5.26. The number of hydrogen-bond donors (Lipinski definition) is 1. The highest BCUT2D eigenvalue weighted by Gasteiger charge is 2.13.